The summed E-state index contributed by atoms with van der Waals surface area (Å²) < 4.78 is 40.4. The van der Waals surface area contributed by atoms with Crippen LogP contribution >= 0.6 is 0 Å². The Hall–Kier alpha value is -3.19. The Morgan fingerprint density at radius 3 is 2.43 bits per heavy atom. The van der Waals surface area contributed by atoms with Crippen molar-refractivity contribution >= 4 is 21.6 Å². The van der Waals surface area contributed by atoms with Crippen LogP contribution in [0.1, 0.15) is 34.5 Å². The van der Waals surface area contributed by atoms with Gasteiger partial charge in [0, 0.05) is 12.1 Å². The number of halogens is 1. The number of nitrogens with one attached hydrogen (secondary N) is 1. The third-order valence-electron chi connectivity index (χ3n) is 5.24. The zero-order valence-corrected chi connectivity index (χ0v) is 17.2. The Kier molecular flexibility index (Phi) is 5.30. The highest BCUT2D eigenvalue weighted by Gasteiger charge is 2.31. The van der Waals surface area contributed by atoms with E-state index in [4.69, 9.17) is 0 Å². The number of sulfonamides is 1. The number of anilines is 1. The summed E-state index contributed by atoms with van der Waals surface area (Å²) in [7, 11) is -3.64. The SMILES string of the molecule is CC(NC(=O)c1ccc2c(c1)CCN2S(=O)(=O)c1ccccc1)c1ccc(F)cc1. The molecule has 4 rings (SSSR count). The molecule has 1 N–H and O–H groups in total. The van der Waals surface area contributed by atoms with Gasteiger partial charge in [0.15, 0.2) is 0 Å². The van der Waals surface area contributed by atoms with Crippen LogP contribution in [0.25, 0.3) is 0 Å². The number of hydrogen-bond donors (Lipinski definition) is 1. The van der Waals surface area contributed by atoms with E-state index in [-0.39, 0.29) is 22.7 Å². The summed E-state index contributed by atoms with van der Waals surface area (Å²) in [5, 5.41) is 2.90. The fourth-order valence-corrected chi connectivity index (χ4v) is 5.12. The summed E-state index contributed by atoms with van der Waals surface area (Å²) in [4.78, 5) is 12.9. The molecule has 30 heavy (non-hydrogen) atoms. The van der Waals surface area contributed by atoms with Crippen molar-refractivity contribution in [1.29, 1.82) is 0 Å². The Bertz CT molecular complexity index is 1180. The lowest BCUT2D eigenvalue weighted by molar-refractivity contribution is 0.0940. The van der Waals surface area contributed by atoms with Gasteiger partial charge < -0.3 is 5.32 Å². The highest BCUT2D eigenvalue weighted by molar-refractivity contribution is 7.92. The van der Waals surface area contributed by atoms with Crippen LogP contribution in [0.15, 0.2) is 77.7 Å². The number of rotatable bonds is 5. The van der Waals surface area contributed by atoms with Crippen LogP contribution in [-0.4, -0.2) is 20.9 Å². The van der Waals surface area contributed by atoms with Gasteiger partial charge in [-0.2, -0.15) is 0 Å². The first-order valence-corrected chi connectivity index (χ1v) is 11.1. The summed E-state index contributed by atoms with van der Waals surface area (Å²) in [6.45, 7) is 2.16. The van der Waals surface area contributed by atoms with E-state index in [1.165, 1.54) is 16.4 Å². The molecule has 0 aliphatic carbocycles. The Morgan fingerprint density at radius 1 is 1.03 bits per heavy atom. The summed E-state index contributed by atoms with van der Waals surface area (Å²) in [5.74, 6) is -0.593. The molecule has 0 saturated carbocycles. The fraction of sp³-hybridized carbons (Fsp3) is 0.174. The molecule has 0 aromatic heterocycles. The number of benzene rings is 3. The maximum absolute atomic E-state index is 13.1. The van der Waals surface area contributed by atoms with E-state index in [2.05, 4.69) is 5.32 Å². The van der Waals surface area contributed by atoms with E-state index < -0.39 is 10.0 Å². The van der Waals surface area contributed by atoms with Crippen LogP contribution in [0, 0.1) is 5.82 Å². The topological polar surface area (TPSA) is 66.5 Å². The molecule has 1 aliphatic heterocycles. The number of nitrogens with zero attached hydrogens (tertiary/aromatic N) is 1. The molecule has 5 nitrogen and oxygen atoms in total. The molecule has 0 saturated heterocycles. The molecule has 0 spiro atoms. The predicted molar refractivity (Wildman–Crippen MR) is 113 cm³/mol. The number of hydrogen-bond acceptors (Lipinski definition) is 3. The first-order chi connectivity index (χ1) is 14.4. The van der Waals surface area contributed by atoms with Crippen molar-refractivity contribution in [1.82, 2.24) is 5.32 Å². The van der Waals surface area contributed by atoms with Gasteiger partial charge in [0.2, 0.25) is 0 Å². The average Bonchev–Trinajstić information content (AvgIpc) is 3.19. The lowest BCUT2D eigenvalue weighted by atomic mass is 10.1. The van der Waals surface area contributed by atoms with Crippen LogP contribution < -0.4 is 9.62 Å². The number of fused-ring (bicyclic) bond motifs is 1. The average molecular weight is 424 g/mol. The van der Waals surface area contributed by atoms with Crippen molar-refractivity contribution in [3.05, 3.63) is 95.3 Å². The van der Waals surface area contributed by atoms with Crippen molar-refractivity contribution in [2.45, 2.75) is 24.3 Å². The quantitative estimate of drug-likeness (QED) is 0.672. The fourth-order valence-electron chi connectivity index (χ4n) is 3.60. The van der Waals surface area contributed by atoms with Crippen LogP contribution in [0.3, 0.4) is 0 Å². The second kappa shape index (κ2) is 7.91. The first kappa shape index (κ1) is 20.1. The van der Waals surface area contributed by atoms with Crippen molar-refractivity contribution in [3.63, 3.8) is 0 Å². The Labute approximate surface area is 175 Å². The highest BCUT2D eigenvalue weighted by atomic mass is 32.2. The molecule has 0 bridgehead atoms. The van der Waals surface area contributed by atoms with E-state index in [1.54, 1.807) is 60.7 Å². The van der Waals surface area contributed by atoms with E-state index in [0.29, 0.717) is 24.2 Å². The molecular formula is C23H21FN2O3S. The van der Waals surface area contributed by atoms with Gasteiger partial charge in [0.25, 0.3) is 15.9 Å². The van der Waals surface area contributed by atoms with Gasteiger partial charge in [-0.25, -0.2) is 12.8 Å². The van der Waals surface area contributed by atoms with Gasteiger partial charge in [-0.3, -0.25) is 9.10 Å². The highest BCUT2D eigenvalue weighted by Crippen LogP contribution is 2.33. The van der Waals surface area contributed by atoms with E-state index in [9.17, 15) is 17.6 Å². The van der Waals surface area contributed by atoms with Crippen molar-refractivity contribution in [2.75, 3.05) is 10.8 Å². The molecule has 1 amide bonds. The molecule has 1 aliphatic rings. The molecule has 7 heteroatoms. The summed E-state index contributed by atoms with van der Waals surface area (Å²) in [6, 6.07) is 19.1. The molecular weight excluding hydrogens is 403 g/mol. The minimum Gasteiger partial charge on any atom is -0.346 e. The minimum atomic E-state index is -3.64. The number of carbonyl (C=O) groups excluding carboxylic acids is 1. The molecule has 1 unspecified atom stereocenters. The molecule has 1 atom stereocenters. The van der Waals surface area contributed by atoms with Gasteiger partial charge in [0.1, 0.15) is 5.82 Å². The van der Waals surface area contributed by atoms with Crippen LogP contribution in [-0.2, 0) is 16.4 Å². The van der Waals surface area contributed by atoms with E-state index in [1.807, 2.05) is 6.92 Å². The molecule has 3 aromatic carbocycles. The molecule has 1 heterocycles. The second-order valence-electron chi connectivity index (χ2n) is 7.23. The van der Waals surface area contributed by atoms with Crippen LogP contribution in [0.5, 0.6) is 0 Å². The molecule has 154 valence electrons. The van der Waals surface area contributed by atoms with Gasteiger partial charge in [-0.05, 0) is 66.9 Å². The molecule has 0 radical (unpaired) electrons. The predicted octanol–water partition coefficient (Wildman–Crippen LogP) is 4.07. The van der Waals surface area contributed by atoms with Crippen LogP contribution in [0.2, 0.25) is 0 Å². The van der Waals surface area contributed by atoms with Gasteiger partial charge in [-0.1, -0.05) is 30.3 Å². The largest absolute Gasteiger partial charge is 0.346 e. The molecule has 0 fully saturated rings. The number of carbonyl (C=O) groups is 1. The third kappa shape index (κ3) is 3.80. The maximum atomic E-state index is 13.1. The first-order valence-electron chi connectivity index (χ1n) is 9.63. The zero-order chi connectivity index (χ0) is 21.3. The lowest BCUT2D eigenvalue weighted by Crippen LogP contribution is -2.29. The Morgan fingerprint density at radius 2 is 1.73 bits per heavy atom. The monoisotopic (exact) mass is 424 g/mol. The minimum absolute atomic E-state index is 0.243. The van der Waals surface area contributed by atoms with Crippen molar-refractivity contribution < 1.29 is 17.6 Å². The van der Waals surface area contributed by atoms with Gasteiger partial charge in [-0.15, -0.1) is 0 Å². The summed E-state index contributed by atoms with van der Waals surface area (Å²) in [5.41, 5.74) is 2.67. The lowest BCUT2D eigenvalue weighted by Gasteiger charge is -2.20. The summed E-state index contributed by atoms with van der Waals surface area (Å²) in [6.07, 6.45) is 0.538. The smallest absolute Gasteiger partial charge is 0.264 e. The van der Waals surface area contributed by atoms with Gasteiger partial charge in [0.05, 0.1) is 16.6 Å². The maximum Gasteiger partial charge on any atom is 0.264 e. The standard InChI is InChI=1S/C23H21FN2O3S/c1-16(17-7-10-20(24)11-8-17)25-23(27)19-9-12-22-18(15-19)13-14-26(22)30(28,29)21-5-3-2-4-6-21/h2-12,15-16H,13-14H2,1H3,(H,25,27). The number of amides is 1. The third-order valence-corrected chi connectivity index (χ3v) is 7.07. The zero-order valence-electron chi connectivity index (χ0n) is 16.4. The normalized spacial score (nSPS) is 14.3. The molecule has 3 aromatic rings. The van der Waals surface area contributed by atoms with Crippen LogP contribution in [0.4, 0.5) is 10.1 Å². The van der Waals surface area contributed by atoms with Gasteiger partial charge >= 0.3 is 0 Å². The van der Waals surface area contributed by atoms with E-state index in [0.717, 1.165) is 11.1 Å². The van der Waals surface area contributed by atoms with E-state index >= 15 is 0 Å². The Balaban J connectivity index is 1.53. The van der Waals surface area contributed by atoms with Crippen molar-refractivity contribution in [2.24, 2.45) is 0 Å². The van der Waals surface area contributed by atoms with Crippen molar-refractivity contribution in [3.8, 4) is 0 Å². The summed E-state index contributed by atoms with van der Waals surface area (Å²) >= 11 is 0. The second-order valence-corrected chi connectivity index (χ2v) is 9.09.